The Kier molecular flexibility index (Phi) is 6.44. The Bertz CT molecular complexity index is 904. The van der Waals surface area contributed by atoms with Gasteiger partial charge in [-0.2, -0.15) is 4.52 Å². The lowest BCUT2D eigenvalue weighted by atomic mass is 9.97. The zero-order valence-corrected chi connectivity index (χ0v) is 17.9. The molecule has 1 N–H and O–H groups in total. The summed E-state index contributed by atoms with van der Waals surface area (Å²) >= 11 is 1.41. The van der Waals surface area contributed by atoms with Crippen LogP contribution in [-0.2, 0) is 4.79 Å². The van der Waals surface area contributed by atoms with Crippen molar-refractivity contribution >= 4 is 27.3 Å². The van der Waals surface area contributed by atoms with Crippen molar-refractivity contribution in [1.29, 1.82) is 0 Å². The fourth-order valence-electron chi connectivity index (χ4n) is 4.24. The molecule has 9 heteroatoms. The van der Waals surface area contributed by atoms with Crippen LogP contribution in [0.25, 0.3) is 4.96 Å². The molecule has 2 aromatic rings. The van der Waals surface area contributed by atoms with Crippen LogP contribution in [0.3, 0.4) is 0 Å². The highest BCUT2D eigenvalue weighted by molar-refractivity contribution is 7.20. The molecule has 8 nitrogen and oxygen atoms in total. The number of carbonyl (C=O) groups excluding carboxylic acids is 1. The van der Waals surface area contributed by atoms with Crippen LogP contribution in [0.1, 0.15) is 44.2 Å². The molecular formula is C20H30N6O2S. The number of likely N-dealkylation sites (tertiary alicyclic amines) is 1. The van der Waals surface area contributed by atoms with E-state index >= 15 is 0 Å². The number of nitrogens with zero attached hydrogens (tertiary/aromatic N) is 5. The van der Waals surface area contributed by atoms with Crippen LogP contribution in [0.4, 0.5) is 5.13 Å². The van der Waals surface area contributed by atoms with E-state index in [1.54, 1.807) is 0 Å². The number of hydrogen-bond acceptors (Lipinski definition) is 7. The van der Waals surface area contributed by atoms with Gasteiger partial charge in [-0.25, -0.2) is 4.98 Å². The summed E-state index contributed by atoms with van der Waals surface area (Å²) in [4.78, 5) is 34.4. The van der Waals surface area contributed by atoms with Crippen LogP contribution in [-0.4, -0.2) is 64.7 Å². The van der Waals surface area contributed by atoms with Crippen LogP contribution in [0.2, 0.25) is 0 Å². The summed E-state index contributed by atoms with van der Waals surface area (Å²) in [5.41, 5.74) is 0.542. The van der Waals surface area contributed by atoms with E-state index in [9.17, 15) is 9.59 Å². The number of aromatic nitrogens is 3. The fraction of sp³-hybridized carbons (Fsp3) is 0.700. The summed E-state index contributed by atoms with van der Waals surface area (Å²) in [5, 5.41) is 8.34. The zero-order valence-electron chi connectivity index (χ0n) is 17.1. The highest BCUT2D eigenvalue weighted by Crippen LogP contribution is 2.27. The van der Waals surface area contributed by atoms with Gasteiger partial charge in [0.2, 0.25) is 16.0 Å². The van der Waals surface area contributed by atoms with E-state index in [-0.39, 0.29) is 17.4 Å². The molecule has 1 atom stereocenters. The average molecular weight is 419 g/mol. The van der Waals surface area contributed by atoms with E-state index in [2.05, 4.69) is 25.2 Å². The first-order valence-electron chi connectivity index (χ1n) is 10.7. The van der Waals surface area contributed by atoms with Crippen molar-refractivity contribution in [2.45, 2.75) is 45.4 Å². The maximum atomic E-state index is 12.7. The van der Waals surface area contributed by atoms with Crippen LogP contribution >= 0.6 is 11.3 Å². The Balaban J connectivity index is 1.30. The topological polar surface area (TPSA) is 82.8 Å². The van der Waals surface area contributed by atoms with Crippen molar-refractivity contribution in [2.24, 2.45) is 5.92 Å². The lowest BCUT2D eigenvalue weighted by Crippen LogP contribution is -2.43. The lowest BCUT2D eigenvalue weighted by molar-refractivity contribution is -0.125. The molecule has 0 aliphatic carbocycles. The standard InChI is InChI=1S/C20H30N6O2S/c1-15-13-17(27)26-19(22-15)29-20(23-26)25-12-5-7-16(14-25)18(28)21-8-6-11-24-9-3-2-4-10-24/h13,16H,2-12,14H2,1H3,(H,21,28). The molecule has 2 fully saturated rings. The second kappa shape index (κ2) is 9.21. The molecule has 158 valence electrons. The molecule has 0 spiro atoms. The molecule has 2 aliphatic heterocycles. The minimum absolute atomic E-state index is 0.0304. The molecule has 0 bridgehead atoms. The first-order chi connectivity index (χ1) is 14.1. The third-order valence-corrected chi connectivity index (χ3v) is 6.79. The number of rotatable bonds is 6. The van der Waals surface area contributed by atoms with Gasteiger partial charge in [-0.1, -0.05) is 17.8 Å². The normalized spacial score (nSPS) is 20.9. The smallest absolute Gasteiger partial charge is 0.275 e. The van der Waals surface area contributed by atoms with Gasteiger partial charge in [-0.15, -0.1) is 5.10 Å². The number of fused-ring (bicyclic) bond motifs is 1. The lowest BCUT2D eigenvalue weighted by Gasteiger charge is -2.31. The molecule has 0 saturated carbocycles. The van der Waals surface area contributed by atoms with Crippen molar-refractivity contribution in [2.75, 3.05) is 44.2 Å². The second-order valence-corrected chi connectivity index (χ2v) is 9.08. The first-order valence-corrected chi connectivity index (χ1v) is 11.5. The van der Waals surface area contributed by atoms with Crippen LogP contribution in [0.15, 0.2) is 10.9 Å². The Hall–Kier alpha value is -2.00. The number of piperidine rings is 2. The quantitative estimate of drug-likeness (QED) is 0.719. The number of amides is 1. The Labute approximate surface area is 174 Å². The van der Waals surface area contributed by atoms with Crippen LogP contribution < -0.4 is 15.8 Å². The van der Waals surface area contributed by atoms with E-state index in [1.165, 1.54) is 54.3 Å². The third kappa shape index (κ3) is 4.95. The molecule has 1 unspecified atom stereocenters. The Morgan fingerprint density at radius 3 is 2.90 bits per heavy atom. The predicted octanol–water partition coefficient (Wildman–Crippen LogP) is 1.67. The predicted molar refractivity (Wildman–Crippen MR) is 115 cm³/mol. The van der Waals surface area contributed by atoms with Crippen molar-refractivity contribution in [3.05, 3.63) is 22.1 Å². The minimum Gasteiger partial charge on any atom is -0.356 e. The van der Waals surface area contributed by atoms with Crippen molar-refractivity contribution in [3.8, 4) is 0 Å². The van der Waals surface area contributed by atoms with Crippen molar-refractivity contribution in [1.82, 2.24) is 24.8 Å². The summed E-state index contributed by atoms with van der Waals surface area (Å²) in [6, 6.07) is 1.49. The van der Waals surface area contributed by atoms with Gasteiger partial charge in [0.15, 0.2) is 0 Å². The molecule has 4 rings (SSSR count). The average Bonchev–Trinajstić information content (AvgIpc) is 3.16. The van der Waals surface area contributed by atoms with Crippen molar-refractivity contribution < 1.29 is 4.79 Å². The van der Waals surface area contributed by atoms with Gasteiger partial charge in [-0.3, -0.25) is 9.59 Å². The van der Waals surface area contributed by atoms with E-state index in [4.69, 9.17) is 0 Å². The van der Waals surface area contributed by atoms with E-state index in [0.717, 1.165) is 44.0 Å². The molecule has 4 heterocycles. The second-order valence-electron chi connectivity index (χ2n) is 8.15. The molecule has 2 aromatic heterocycles. The first kappa shape index (κ1) is 20.3. The molecule has 0 aromatic carbocycles. The van der Waals surface area contributed by atoms with Gasteiger partial charge in [0.1, 0.15) is 0 Å². The zero-order chi connectivity index (χ0) is 20.2. The van der Waals surface area contributed by atoms with Gasteiger partial charge in [0.05, 0.1) is 5.92 Å². The maximum absolute atomic E-state index is 12.7. The molecular weight excluding hydrogens is 388 g/mol. The summed E-state index contributed by atoms with van der Waals surface area (Å²) in [5.74, 6) is 0.109. The van der Waals surface area contributed by atoms with Gasteiger partial charge < -0.3 is 15.1 Å². The monoisotopic (exact) mass is 418 g/mol. The van der Waals surface area contributed by atoms with Gasteiger partial charge in [-0.05, 0) is 58.7 Å². The molecule has 2 aliphatic rings. The highest BCUT2D eigenvalue weighted by atomic mass is 32.1. The molecule has 29 heavy (non-hydrogen) atoms. The van der Waals surface area contributed by atoms with Gasteiger partial charge in [0, 0.05) is 31.4 Å². The van der Waals surface area contributed by atoms with Gasteiger partial charge >= 0.3 is 0 Å². The third-order valence-electron chi connectivity index (χ3n) is 5.82. The van der Waals surface area contributed by atoms with Gasteiger partial charge in [0.25, 0.3) is 5.56 Å². The Morgan fingerprint density at radius 1 is 1.24 bits per heavy atom. The summed E-state index contributed by atoms with van der Waals surface area (Å²) < 4.78 is 1.36. The summed E-state index contributed by atoms with van der Waals surface area (Å²) in [7, 11) is 0. The Morgan fingerprint density at radius 2 is 2.07 bits per heavy atom. The number of nitrogens with one attached hydrogen (secondary N) is 1. The number of hydrogen-bond donors (Lipinski definition) is 1. The highest BCUT2D eigenvalue weighted by Gasteiger charge is 2.27. The minimum atomic E-state index is -0.157. The summed E-state index contributed by atoms with van der Waals surface area (Å²) in [6.07, 6.45) is 6.81. The van der Waals surface area contributed by atoms with E-state index < -0.39 is 0 Å². The molecule has 2 saturated heterocycles. The van der Waals surface area contributed by atoms with E-state index in [1.807, 2.05) is 6.92 Å². The van der Waals surface area contributed by atoms with Crippen LogP contribution in [0.5, 0.6) is 0 Å². The molecule has 1 amide bonds. The maximum Gasteiger partial charge on any atom is 0.275 e. The van der Waals surface area contributed by atoms with Crippen LogP contribution in [0, 0.1) is 12.8 Å². The molecule has 0 radical (unpaired) electrons. The largest absolute Gasteiger partial charge is 0.356 e. The number of anilines is 1. The number of aryl methyl sites for hydroxylation is 1. The fourth-order valence-corrected chi connectivity index (χ4v) is 5.23. The SMILES string of the molecule is Cc1cc(=O)n2nc(N3CCCC(C(=O)NCCCN4CCCCC4)C3)sc2n1. The summed E-state index contributed by atoms with van der Waals surface area (Å²) in [6.45, 7) is 7.52. The number of carbonyl (C=O) groups is 1. The van der Waals surface area contributed by atoms with Crippen molar-refractivity contribution in [3.63, 3.8) is 0 Å². The van der Waals surface area contributed by atoms with E-state index in [0.29, 0.717) is 17.2 Å².